The summed E-state index contributed by atoms with van der Waals surface area (Å²) in [6.07, 6.45) is 0. The molecule has 1 nitrogen and oxygen atoms in total. The largest absolute Gasteiger partial charge is 0.310 e. The van der Waals surface area contributed by atoms with Gasteiger partial charge in [0, 0.05) is 16.9 Å². The molecule has 0 radical (unpaired) electrons. The van der Waals surface area contributed by atoms with E-state index in [2.05, 4.69) is 314 Å². The first-order chi connectivity index (χ1) is 37.2. The summed E-state index contributed by atoms with van der Waals surface area (Å²) in [5, 5.41) is 0. The summed E-state index contributed by atoms with van der Waals surface area (Å²) in [5.41, 5.74) is 24.6. The Morgan fingerprint density at radius 1 is 0.213 bits per heavy atom. The van der Waals surface area contributed by atoms with Crippen LogP contribution in [0.3, 0.4) is 0 Å². The molecule has 0 saturated carbocycles. The van der Waals surface area contributed by atoms with Gasteiger partial charge in [0.05, 0.1) is 16.5 Å². The van der Waals surface area contributed by atoms with Gasteiger partial charge in [0.15, 0.2) is 0 Å². The van der Waals surface area contributed by atoms with E-state index in [1.807, 2.05) is 0 Å². The maximum absolute atomic E-state index is 2.47. The number of rotatable bonds is 10. The molecule has 2 aliphatic carbocycles. The zero-order chi connectivity index (χ0) is 49.8. The van der Waals surface area contributed by atoms with Crippen LogP contribution in [0, 0.1) is 0 Å². The molecule has 0 aliphatic heterocycles. The lowest BCUT2D eigenvalue weighted by atomic mass is 9.67. The molecule has 12 aromatic rings. The molecular weight excluding hydrogens is 903 g/mol. The highest BCUT2D eigenvalue weighted by Crippen LogP contribution is 2.60. The Labute approximate surface area is 440 Å². The van der Waals surface area contributed by atoms with Crippen LogP contribution in [-0.2, 0) is 10.8 Å². The third-order valence-electron chi connectivity index (χ3n) is 16.0. The minimum absolute atomic E-state index is 0.497. The van der Waals surface area contributed by atoms with Gasteiger partial charge in [-0.15, -0.1) is 0 Å². The van der Waals surface area contributed by atoms with Crippen LogP contribution >= 0.6 is 0 Å². The predicted octanol–water partition coefficient (Wildman–Crippen LogP) is 18.9. The van der Waals surface area contributed by atoms with Gasteiger partial charge < -0.3 is 4.90 Å². The molecule has 0 fully saturated rings. The number of hydrogen-bond donors (Lipinski definition) is 0. The van der Waals surface area contributed by atoms with Crippen molar-refractivity contribution in [1.29, 1.82) is 0 Å². The van der Waals surface area contributed by atoms with Crippen molar-refractivity contribution >= 4 is 17.1 Å². The molecular formula is C74H51N. The highest BCUT2D eigenvalue weighted by atomic mass is 15.1. The molecule has 352 valence electrons. The number of nitrogens with zero attached hydrogens (tertiary/aromatic N) is 1. The Kier molecular flexibility index (Phi) is 10.7. The van der Waals surface area contributed by atoms with Crippen molar-refractivity contribution < 1.29 is 0 Å². The van der Waals surface area contributed by atoms with Crippen LogP contribution in [-0.4, -0.2) is 0 Å². The van der Waals surface area contributed by atoms with Crippen LogP contribution < -0.4 is 4.90 Å². The third kappa shape index (κ3) is 6.86. The van der Waals surface area contributed by atoms with E-state index in [0.29, 0.717) is 0 Å². The third-order valence-corrected chi connectivity index (χ3v) is 16.0. The molecule has 0 bridgehead atoms. The first kappa shape index (κ1) is 44.2. The zero-order valence-corrected chi connectivity index (χ0v) is 41.4. The summed E-state index contributed by atoms with van der Waals surface area (Å²) in [7, 11) is 0. The van der Waals surface area contributed by atoms with Gasteiger partial charge in [-0.1, -0.05) is 279 Å². The molecule has 0 aromatic heterocycles. The van der Waals surface area contributed by atoms with Crippen molar-refractivity contribution in [2.75, 3.05) is 4.90 Å². The van der Waals surface area contributed by atoms with E-state index >= 15 is 0 Å². The second-order valence-corrected chi connectivity index (χ2v) is 19.8. The average Bonchev–Trinajstić information content (AvgIpc) is 3.98. The number of fused-ring (bicyclic) bond motifs is 6. The fourth-order valence-corrected chi connectivity index (χ4v) is 13.1. The highest BCUT2D eigenvalue weighted by Gasteiger charge is 2.48. The maximum Gasteiger partial charge on any atom is 0.0713 e. The van der Waals surface area contributed by atoms with E-state index in [4.69, 9.17) is 0 Å². The lowest BCUT2D eigenvalue weighted by Crippen LogP contribution is -2.28. The Morgan fingerprint density at radius 2 is 0.520 bits per heavy atom. The molecule has 12 aromatic carbocycles. The van der Waals surface area contributed by atoms with Gasteiger partial charge in [-0.05, 0) is 125 Å². The van der Waals surface area contributed by atoms with Crippen molar-refractivity contribution in [3.63, 3.8) is 0 Å². The van der Waals surface area contributed by atoms with Crippen LogP contribution in [0.2, 0.25) is 0 Å². The van der Waals surface area contributed by atoms with Crippen molar-refractivity contribution in [1.82, 2.24) is 0 Å². The van der Waals surface area contributed by atoms with Gasteiger partial charge in [-0.3, -0.25) is 0 Å². The maximum atomic E-state index is 2.47. The summed E-state index contributed by atoms with van der Waals surface area (Å²) in [6, 6.07) is 114. The Balaban J connectivity index is 0.975. The topological polar surface area (TPSA) is 3.24 Å². The molecule has 1 heteroatoms. The normalized spacial score (nSPS) is 13.3. The van der Waals surface area contributed by atoms with E-state index in [0.717, 1.165) is 39.3 Å². The quantitative estimate of drug-likeness (QED) is 0.132. The summed E-state index contributed by atoms with van der Waals surface area (Å²) >= 11 is 0. The summed E-state index contributed by atoms with van der Waals surface area (Å²) < 4.78 is 0. The van der Waals surface area contributed by atoms with E-state index in [1.165, 1.54) is 77.9 Å². The molecule has 0 N–H and O–H groups in total. The summed E-state index contributed by atoms with van der Waals surface area (Å²) in [4.78, 5) is 2.47. The molecule has 0 spiro atoms. The first-order valence-electron chi connectivity index (χ1n) is 26.1. The fourth-order valence-electron chi connectivity index (χ4n) is 13.1. The molecule has 14 rings (SSSR count). The van der Waals surface area contributed by atoms with Crippen molar-refractivity contribution in [3.05, 3.63) is 354 Å². The van der Waals surface area contributed by atoms with Crippen LogP contribution in [0.1, 0.15) is 44.5 Å². The molecule has 0 amide bonds. The van der Waals surface area contributed by atoms with Crippen molar-refractivity contribution in [3.8, 4) is 55.6 Å². The lowest BCUT2D eigenvalue weighted by molar-refractivity contribution is 0.768. The standard InChI is InChI=1S/C74H51N/c1-6-26-52(27-7-1)61-40-18-21-49-70(61)75(59-38-22-28-53(50-59)62-43-24-47-68-71(62)64-41-16-19-45-66(64)73(68,55-30-8-2-9-31-55)56-32-10-3-11-33-56)60-39-23-29-54(51-60)63-44-25-48-69-72(63)65-42-17-20-46-67(65)74(69,57-34-12-4-13-35-57)58-36-14-5-15-37-58/h1-51H. The van der Waals surface area contributed by atoms with Gasteiger partial charge >= 0.3 is 0 Å². The average molecular weight is 954 g/mol. The van der Waals surface area contributed by atoms with Gasteiger partial charge in [0.2, 0.25) is 0 Å². The van der Waals surface area contributed by atoms with E-state index < -0.39 is 10.8 Å². The highest BCUT2D eigenvalue weighted by molar-refractivity contribution is 5.99. The van der Waals surface area contributed by atoms with Crippen molar-refractivity contribution in [2.24, 2.45) is 0 Å². The van der Waals surface area contributed by atoms with Gasteiger partial charge in [0.1, 0.15) is 0 Å². The van der Waals surface area contributed by atoms with E-state index in [-0.39, 0.29) is 0 Å². The first-order valence-corrected chi connectivity index (χ1v) is 26.1. The zero-order valence-electron chi connectivity index (χ0n) is 41.4. The summed E-state index contributed by atoms with van der Waals surface area (Å²) in [5.74, 6) is 0. The van der Waals surface area contributed by atoms with Crippen LogP contribution in [0.15, 0.2) is 309 Å². The smallest absolute Gasteiger partial charge is 0.0713 e. The van der Waals surface area contributed by atoms with Crippen molar-refractivity contribution in [2.45, 2.75) is 10.8 Å². The predicted molar refractivity (Wildman–Crippen MR) is 312 cm³/mol. The Morgan fingerprint density at radius 3 is 0.947 bits per heavy atom. The van der Waals surface area contributed by atoms with E-state index in [9.17, 15) is 0 Å². The van der Waals surface area contributed by atoms with Gasteiger partial charge in [-0.25, -0.2) is 0 Å². The Hall–Kier alpha value is -9.56. The van der Waals surface area contributed by atoms with Crippen LogP contribution in [0.4, 0.5) is 17.1 Å². The number of anilines is 3. The fraction of sp³-hybridized carbons (Fsp3) is 0.0270. The number of hydrogen-bond acceptors (Lipinski definition) is 1. The molecule has 0 unspecified atom stereocenters. The van der Waals surface area contributed by atoms with Crippen LogP contribution in [0.5, 0.6) is 0 Å². The second kappa shape index (κ2) is 18.2. The SMILES string of the molecule is c1ccc(-c2ccccc2N(c2cccc(-c3cccc4c3-c3ccccc3C4(c3ccccc3)c3ccccc3)c2)c2cccc(-c3cccc4c3-c3ccccc3C4(c3ccccc3)c3ccccc3)c2)cc1. The monoisotopic (exact) mass is 953 g/mol. The molecule has 0 atom stereocenters. The lowest BCUT2D eigenvalue weighted by Gasteiger charge is -2.34. The number of benzene rings is 12. The minimum Gasteiger partial charge on any atom is -0.310 e. The van der Waals surface area contributed by atoms with Gasteiger partial charge in [-0.2, -0.15) is 0 Å². The molecule has 0 heterocycles. The van der Waals surface area contributed by atoms with E-state index in [1.54, 1.807) is 0 Å². The molecule has 75 heavy (non-hydrogen) atoms. The summed E-state index contributed by atoms with van der Waals surface area (Å²) in [6.45, 7) is 0. The molecule has 0 saturated heterocycles. The Bertz CT molecular complexity index is 3740. The number of para-hydroxylation sites is 1. The van der Waals surface area contributed by atoms with Crippen LogP contribution in [0.25, 0.3) is 55.6 Å². The minimum atomic E-state index is -0.497. The second-order valence-electron chi connectivity index (χ2n) is 19.8. The van der Waals surface area contributed by atoms with Gasteiger partial charge in [0.25, 0.3) is 0 Å². The molecule has 2 aliphatic rings.